The summed E-state index contributed by atoms with van der Waals surface area (Å²) in [5.74, 6) is 2.30. The first kappa shape index (κ1) is 14.2. The van der Waals surface area contributed by atoms with Crippen molar-refractivity contribution < 1.29 is 4.79 Å². The average molecular weight is 266 g/mol. The number of aliphatic imine (C=N–C) groups is 1. The van der Waals surface area contributed by atoms with Crippen LogP contribution >= 0.6 is 0 Å². The Morgan fingerprint density at radius 1 is 1.16 bits per heavy atom. The van der Waals surface area contributed by atoms with Gasteiger partial charge in [-0.25, -0.2) is 0 Å². The molecule has 0 aromatic rings. The van der Waals surface area contributed by atoms with Gasteiger partial charge in [-0.15, -0.1) is 0 Å². The molecule has 2 rings (SSSR count). The van der Waals surface area contributed by atoms with Crippen molar-refractivity contribution in [1.29, 1.82) is 0 Å². The van der Waals surface area contributed by atoms with Gasteiger partial charge in [-0.1, -0.05) is 6.92 Å². The molecule has 1 aliphatic heterocycles. The predicted molar refractivity (Wildman–Crippen MR) is 77.1 cm³/mol. The third-order valence-corrected chi connectivity index (χ3v) is 3.95. The Bertz CT molecular complexity index is 330. The van der Waals surface area contributed by atoms with E-state index < -0.39 is 0 Å². The molecule has 0 aromatic carbocycles. The number of carbonyl (C=O) groups excluding carboxylic acids is 1. The van der Waals surface area contributed by atoms with Crippen molar-refractivity contribution in [3.8, 4) is 0 Å². The summed E-state index contributed by atoms with van der Waals surface area (Å²) in [6.45, 7) is 5.89. The van der Waals surface area contributed by atoms with E-state index in [4.69, 9.17) is 0 Å². The first-order valence-corrected chi connectivity index (χ1v) is 7.44. The van der Waals surface area contributed by atoms with Crippen LogP contribution < -0.4 is 10.6 Å². The van der Waals surface area contributed by atoms with Gasteiger partial charge in [0.25, 0.3) is 0 Å². The standard InChI is InChI=1S/C14H26N4O/c1-11-5-9-18(10-6-11)14(15-2)17-8-7-16-13(19)12-3-4-12/h11-12H,3-10H2,1-2H3,(H,15,17)(H,16,19). The summed E-state index contributed by atoms with van der Waals surface area (Å²) >= 11 is 0. The van der Waals surface area contributed by atoms with Crippen LogP contribution in [0, 0.1) is 11.8 Å². The zero-order valence-corrected chi connectivity index (χ0v) is 12.1. The topological polar surface area (TPSA) is 56.7 Å². The van der Waals surface area contributed by atoms with Gasteiger partial charge in [0.05, 0.1) is 0 Å². The van der Waals surface area contributed by atoms with Crippen LogP contribution in [0.15, 0.2) is 4.99 Å². The van der Waals surface area contributed by atoms with E-state index in [0.717, 1.165) is 44.4 Å². The quantitative estimate of drug-likeness (QED) is 0.450. The molecular weight excluding hydrogens is 240 g/mol. The minimum atomic E-state index is 0.212. The molecule has 0 radical (unpaired) electrons. The van der Waals surface area contributed by atoms with Gasteiger partial charge in [-0.2, -0.15) is 0 Å². The number of guanidine groups is 1. The Hall–Kier alpha value is -1.26. The first-order chi connectivity index (χ1) is 9.20. The van der Waals surface area contributed by atoms with Crippen molar-refractivity contribution in [1.82, 2.24) is 15.5 Å². The lowest BCUT2D eigenvalue weighted by molar-refractivity contribution is -0.122. The van der Waals surface area contributed by atoms with Crippen LogP contribution in [-0.2, 0) is 4.79 Å². The van der Waals surface area contributed by atoms with Crippen molar-refractivity contribution in [3.63, 3.8) is 0 Å². The van der Waals surface area contributed by atoms with E-state index in [1.807, 2.05) is 7.05 Å². The normalized spacial score (nSPS) is 21.4. The van der Waals surface area contributed by atoms with Gasteiger partial charge in [0.1, 0.15) is 0 Å². The summed E-state index contributed by atoms with van der Waals surface area (Å²) in [5, 5.41) is 6.29. The molecule has 108 valence electrons. The summed E-state index contributed by atoms with van der Waals surface area (Å²) in [4.78, 5) is 18.1. The third-order valence-electron chi connectivity index (χ3n) is 3.95. The monoisotopic (exact) mass is 266 g/mol. The van der Waals surface area contributed by atoms with Gasteiger partial charge < -0.3 is 15.5 Å². The number of piperidine rings is 1. The number of nitrogens with zero attached hydrogens (tertiary/aromatic N) is 2. The molecule has 2 N–H and O–H groups in total. The second kappa shape index (κ2) is 6.78. The molecule has 1 saturated heterocycles. The highest BCUT2D eigenvalue weighted by Gasteiger charge is 2.29. The van der Waals surface area contributed by atoms with Gasteiger partial charge in [0, 0.05) is 39.1 Å². The maximum Gasteiger partial charge on any atom is 0.223 e. The van der Waals surface area contributed by atoms with Crippen molar-refractivity contribution in [2.75, 3.05) is 33.2 Å². The van der Waals surface area contributed by atoms with Crippen LogP contribution in [0.5, 0.6) is 0 Å². The van der Waals surface area contributed by atoms with Gasteiger partial charge in [0.2, 0.25) is 5.91 Å². The first-order valence-electron chi connectivity index (χ1n) is 7.44. The number of rotatable bonds is 4. The van der Waals surface area contributed by atoms with Crippen LogP contribution in [0.1, 0.15) is 32.6 Å². The van der Waals surface area contributed by atoms with Gasteiger partial charge >= 0.3 is 0 Å². The lowest BCUT2D eigenvalue weighted by Gasteiger charge is -2.32. The van der Waals surface area contributed by atoms with Crippen LogP contribution in [0.25, 0.3) is 0 Å². The van der Waals surface area contributed by atoms with Crippen LogP contribution in [0.3, 0.4) is 0 Å². The second-order valence-electron chi connectivity index (χ2n) is 5.71. The molecule has 1 saturated carbocycles. The highest BCUT2D eigenvalue weighted by Crippen LogP contribution is 2.28. The van der Waals surface area contributed by atoms with E-state index in [2.05, 4.69) is 27.4 Å². The molecule has 0 atom stereocenters. The maximum absolute atomic E-state index is 11.5. The molecular formula is C14H26N4O. The lowest BCUT2D eigenvalue weighted by atomic mass is 10.00. The Labute approximate surface area is 115 Å². The number of amides is 1. The van der Waals surface area contributed by atoms with E-state index in [1.54, 1.807) is 0 Å². The van der Waals surface area contributed by atoms with Crippen molar-refractivity contribution in [3.05, 3.63) is 0 Å². The zero-order valence-electron chi connectivity index (χ0n) is 12.1. The molecule has 2 aliphatic rings. The predicted octanol–water partition coefficient (Wildman–Crippen LogP) is 0.820. The molecule has 1 aliphatic carbocycles. The zero-order chi connectivity index (χ0) is 13.7. The van der Waals surface area contributed by atoms with E-state index in [-0.39, 0.29) is 5.91 Å². The van der Waals surface area contributed by atoms with Crippen LogP contribution in [0.2, 0.25) is 0 Å². The molecule has 0 aromatic heterocycles. The number of likely N-dealkylation sites (tertiary alicyclic amines) is 1. The Kier molecular flexibility index (Phi) is 5.05. The second-order valence-corrected chi connectivity index (χ2v) is 5.71. The minimum Gasteiger partial charge on any atom is -0.354 e. The number of hydrogen-bond acceptors (Lipinski definition) is 2. The Morgan fingerprint density at radius 2 is 1.79 bits per heavy atom. The lowest BCUT2D eigenvalue weighted by Crippen LogP contribution is -2.47. The Balaban J connectivity index is 1.63. The van der Waals surface area contributed by atoms with Crippen molar-refractivity contribution >= 4 is 11.9 Å². The summed E-state index contributed by atoms with van der Waals surface area (Å²) in [5.41, 5.74) is 0. The minimum absolute atomic E-state index is 0.212. The molecule has 5 nitrogen and oxygen atoms in total. The number of hydrogen-bond donors (Lipinski definition) is 2. The smallest absolute Gasteiger partial charge is 0.223 e. The molecule has 5 heteroatoms. The fourth-order valence-corrected chi connectivity index (χ4v) is 2.40. The molecule has 2 fully saturated rings. The van der Waals surface area contributed by atoms with Crippen molar-refractivity contribution in [2.24, 2.45) is 16.8 Å². The Morgan fingerprint density at radius 3 is 2.37 bits per heavy atom. The SMILES string of the molecule is CN=C(NCCNC(=O)C1CC1)N1CCC(C)CC1. The fourth-order valence-electron chi connectivity index (χ4n) is 2.40. The highest BCUT2D eigenvalue weighted by molar-refractivity contribution is 5.81. The van der Waals surface area contributed by atoms with Crippen molar-refractivity contribution in [2.45, 2.75) is 32.6 Å². The van der Waals surface area contributed by atoms with E-state index in [9.17, 15) is 4.79 Å². The molecule has 0 spiro atoms. The molecule has 0 bridgehead atoms. The summed E-state index contributed by atoms with van der Waals surface area (Å²) < 4.78 is 0. The fraction of sp³-hybridized carbons (Fsp3) is 0.857. The van der Waals surface area contributed by atoms with E-state index in [0.29, 0.717) is 12.5 Å². The van der Waals surface area contributed by atoms with Gasteiger partial charge in [-0.05, 0) is 31.6 Å². The molecule has 1 heterocycles. The summed E-state index contributed by atoms with van der Waals surface area (Å²) in [6, 6.07) is 0. The average Bonchev–Trinajstić information content (AvgIpc) is 3.24. The van der Waals surface area contributed by atoms with Crippen LogP contribution in [-0.4, -0.2) is 50.0 Å². The maximum atomic E-state index is 11.5. The van der Waals surface area contributed by atoms with E-state index in [1.165, 1.54) is 12.8 Å². The molecule has 1 amide bonds. The number of nitrogens with one attached hydrogen (secondary N) is 2. The molecule has 0 unspecified atom stereocenters. The van der Waals surface area contributed by atoms with Gasteiger partial charge in [-0.3, -0.25) is 9.79 Å². The van der Waals surface area contributed by atoms with E-state index >= 15 is 0 Å². The summed E-state index contributed by atoms with van der Waals surface area (Å²) in [7, 11) is 1.82. The highest BCUT2D eigenvalue weighted by atomic mass is 16.2. The summed E-state index contributed by atoms with van der Waals surface area (Å²) in [6.07, 6.45) is 4.60. The van der Waals surface area contributed by atoms with Crippen LogP contribution in [0.4, 0.5) is 0 Å². The molecule has 19 heavy (non-hydrogen) atoms. The van der Waals surface area contributed by atoms with Gasteiger partial charge in [0.15, 0.2) is 5.96 Å². The third kappa shape index (κ3) is 4.40. The number of carbonyl (C=O) groups is 1. The largest absolute Gasteiger partial charge is 0.354 e.